The Morgan fingerprint density at radius 2 is 1.94 bits per heavy atom. The lowest BCUT2D eigenvalue weighted by atomic mass is 10.2. The molecule has 0 atom stereocenters. The van der Waals surface area contributed by atoms with Crippen LogP contribution in [0.3, 0.4) is 0 Å². The summed E-state index contributed by atoms with van der Waals surface area (Å²) in [6, 6.07) is 5.30. The summed E-state index contributed by atoms with van der Waals surface area (Å²) >= 11 is 0. The average Bonchev–Trinajstić information content (AvgIpc) is 2.39. The number of carbonyl (C=O) groups is 1. The number of amides is 1. The largest absolute Gasteiger partial charge is 0.493 e. The minimum absolute atomic E-state index is 0.00234. The summed E-state index contributed by atoms with van der Waals surface area (Å²) in [6.07, 6.45) is 1.31. The van der Waals surface area contributed by atoms with Gasteiger partial charge >= 0.3 is 0 Å². The van der Waals surface area contributed by atoms with Crippen LogP contribution in [0.5, 0.6) is 11.5 Å². The molecule has 1 rings (SSSR count). The quantitative estimate of drug-likeness (QED) is 0.724. The van der Waals surface area contributed by atoms with E-state index in [1.807, 2.05) is 7.05 Å². The maximum absolute atomic E-state index is 11.6. The summed E-state index contributed by atoms with van der Waals surface area (Å²) in [6.45, 7) is 0.833. The number of nitrogens with one attached hydrogen (secondary N) is 2. The highest BCUT2D eigenvalue weighted by atomic mass is 16.5. The molecule has 0 spiro atoms. The molecule has 0 fully saturated rings. The van der Waals surface area contributed by atoms with Gasteiger partial charge in [0.05, 0.1) is 14.2 Å². The van der Waals surface area contributed by atoms with Gasteiger partial charge in [0.2, 0.25) is 5.91 Å². The second kappa shape index (κ2) is 7.55. The number of rotatable bonds is 7. The van der Waals surface area contributed by atoms with Crippen molar-refractivity contribution >= 4 is 11.6 Å². The van der Waals surface area contributed by atoms with Gasteiger partial charge in [-0.15, -0.1) is 0 Å². The molecule has 0 aliphatic rings. The van der Waals surface area contributed by atoms with Gasteiger partial charge in [0.15, 0.2) is 11.5 Å². The number of hydrogen-bond donors (Lipinski definition) is 2. The fourth-order valence-electron chi connectivity index (χ4n) is 1.56. The molecule has 0 saturated carbocycles. The normalized spacial score (nSPS) is 9.94. The first-order valence-electron chi connectivity index (χ1n) is 5.87. The van der Waals surface area contributed by atoms with Crippen LogP contribution < -0.4 is 20.1 Å². The average molecular weight is 252 g/mol. The second-order valence-corrected chi connectivity index (χ2v) is 3.83. The molecule has 0 heterocycles. The Labute approximate surface area is 107 Å². The Hall–Kier alpha value is -1.75. The first-order valence-corrected chi connectivity index (χ1v) is 5.87. The highest BCUT2D eigenvalue weighted by molar-refractivity contribution is 5.91. The predicted molar refractivity (Wildman–Crippen MR) is 71.3 cm³/mol. The van der Waals surface area contributed by atoms with Crippen molar-refractivity contribution in [3.05, 3.63) is 18.2 Å². The van der Waals surface area contributed by atoms with Gasteiger partial charge in [-0.3, -0.25) is 4.79 Å². The minimum Gasteiger partial charge on any atom is -0.493 e. The molecule has 5 nitrogen and oxygen atoms in total. The molecular weight excluding hydrogens is 232 g/mol. The lowest BCUT2D eigenvalue weighted by Crippen LogP contribution is -2.15. The van der Waals surface area contributed by atoms with Gasteiger partial charge in [-0.25, -0.2) is 0 Å². The summed E-state index contributed by atoms with van der Waals surface area (Å²) < 4.78 is 10.3. The third-order valence-corrected chi connectivity index (χ3v) is 2.50. The number of ether oxygens (including phenoxy) is 2. The van der Waals surface area contributed by atoms with Crippen molar-refractivity contribution < 1.29 is 14.3 Å². The Balaban J connectivity index is 2.59. The first-order chi connectivity index (χ1) is 8.71. The second-order valence-electron chi connectivity index (χ2n) is 3.83. The number of hydrogen-bond acceptors (Lipinski definition) is 4. The van der Waals surface area contributed by atoms with Crippen molar-refractivity contribution in [2.75, 3.05) is 33.1 Å². The van der Waals surface area contributed by atoms with E-state index in [9.17, 15) is 4.79 Å². The Kier molecular flexibility index (Phi) is 6.00. The van der Waals surface area contributed by atoms with E-state index in [1.54, 1.807) is 32.4 Å². The Morgan fingerprint density at radius 1 is 1.22 bits per heavy atom. The molecule has 0 aromatic heterocycles. The zero-order chi connectivity index (χ0) is 13.4. The van der Waals surface area contributed by atoms with Crippen LogP contribution in [-0.2, 0) is 4.79 Å². The van der Waals surface area contributed by atoms with E-state index in [1.165, 1.54) is 0 Å². The summed E-state index contributed by atoms with van der Waals surface area (Å²) in [4.78, 5) is 11.6. The summed E-state index contributed by atoms with van der Waals surface area (Å²) in [5.74, 6) is 1.24. The molecule has 0 unspecified atom stereocenters. The van der Waals surface area contributed by atoms with Gasteiger partial charge in [0.25, 0.3) is 0 Å². The van der Waals surface area contributed by atoms with Gasteiger partial charge in [-0.1, -0.05) is 0 Å². The van der Waals surface area contributed by atoms with Crippen molar-refractivity contribution in [3.63, 3.8) is 0 Å². The van der Waals surface area contributed by atoms with Crippen molar-refractivity contribution in [1.82, 2.24) is 5.32 Å². The zero-order valence-corrected chi connectivity index (χ0v) is 11.1. The minimum atomic E-state index is -0.00234. The van der Waals surface area contributed by atoms with Gasteiger partial charge in [0, 0.05) is 18.2 Å². The molecule has 100 valence electrons. The molecule has 2 N–H and O–H groups in total. The fourth-order valence-corrected chi connectivity index (χ4v) is 1.56. The van der Waals surface area contributed by atoms with Crippen LogP contribution in [-0.4, -0.2) is 33.7 Å². The SMILES string of the molecule is CNCCCC(=O)Nc1ccc(OC)c(OC)c1. The molecule has 0 aliphatic carbocycles. The molecule has 1 amide bonds. The molecule has 0 aliphatic heterocycles. The molecule has 5 heteroatoms. The van der Waals surface area contributed by atoms with E-state index >= 15 is 0 Å². The number of carbonyl (C=O) groups excluding carboxylic acids is 1. The lowest BCUT2D eigenvalue weighted by molar-refractivity contribution is -0.116. The van der Waals surface area contributed by atoms with Crippen LogP contribution in [0.25, 0.3) is 0 Å². The highest BCUT2D eigenvalue weighted by Crippen LogP contribution is 2.29. The number of anilines is 1. The molecule has 18 heavy (non-hydrogen) atoms. The highest BCUT2D eigenvalue weighted by Gasteiger charge is 2.07. The fraction of sp³-hybridized carbons (Fsp3) is 0.462. The summed E-state index contributed by atoms with van der Waals surface area (Å²) in [5, 5.41) is 5.83. The van der Waals surface area contributed by atoms with Crippen molar-refractivity contribution in [2.24, 2.45) is 0 Å². The lowest BCUT2D eigenvalue weighted by Gasteiger charge is -2.10. The van der Waals surface area contributed by atoms with Crippen LogP contribution in [0, 0.1) is 0 Å². The van der Waals surface area contributed by atoms with E-state index in [2.05, 4.69) is 10.6 Å². The number of methoxy groups -OCH3 is 2. The molecule has 0 radical (unpaired) electrons. The predicted octanol–water partition coefficient (Wildman–Crippen LogP) is 1.64. The molecule has 1 aromatic rings. The summed E-state index contributed by atoms with van der Waals surface area (Å²) in [7, 11) is 5.01. The van der Waals surface area contributed by atoms with Crippen LogP contribution in [0.1, 0.15) is 12.8 Å². The Bertz CT molecular complexity index is 394. The van der Waals surface area contributed by atoms with Crippen LogP contribution in [0.2, 0.25) is 0 Å². The maximum Gasteiger partial charge on any atom is 0.224 e. The van der Waals surface area contributed by atoms with Gasteiger partial charge in [-0.05, 0) is 32.1 Å². The standard InChI is InChI=1S/C13H20N2O3/c1-14-8-4-5-13(16)15-10-6-7-11(17-2)12(9-10)18-3/h6-7,9,14H,4-5,8H2,1-3H3,(H,15,16). The molecular formula is C13H20N2O3. The van der Waals surface area contributed by atoms with E-state index < -0.39 is 0 Å². The van der Waals surface area contributed by atoms with Crippen LogP contribution in [0.15, 0.2) is 18.2 Å². The maximum atomic E-state index is 11.6. The van der Waals surface area contributed by atoms with E-state index in [0.717, 1.165) is 13.0 Å². The third-order valence-electron chi connectivity index (χ3n) is 2.50. The number of benzene rings is 1. The zero-order valence-electron chi connectivity index (χ0n) is 11.1. The first kappa shape index (κ1) is 14.3. The summed E-state index contributed by atoms with van der Waals surface area (Å²) in [5.41, 5.74) is 0.710. The molecule has 0 bridgehead atoms. The monoisotopic (exact) mass is 252 g/mol. The van der Waals surface area contributed by atoms with Crippen LogP contribution >= 0.6 is 0 Å². The third kappa shape index (κ3) is 4.25. The van der Waals surface area contributed by atoms with Crippen molar-refractivity contribution in [1.29, 1.82) is 0 Å². The van der Waals surface area contributed by atoms with Gasteiger partial charge < -0.3 is 20.1 Å². The van der Waals surface area contributed by atoms with E-state index in [-0.39, 0.29) is 5.91 Å². The van der Waals surface area contributed by atoms with E-state index in [0.29, 0.717) is 23.6 Å². The van der Waals surface area contributed by atoms with Gasteiger partial charge in [0.1, 0.15) is 0 Å². The molecule has 0 saturated heterocycles. The topological polar surface area (TPSA) is 59.6 Å². The van der Waals surface area contributed by atoms with Crippen molar-refractivity contribution in [3.8, 4) is 11.5 Å². The smallest absolute Gasteiger partial charge is 0.224 e. The Morgan fingerprint density at radius 3 is 2.56 bits per heavy atom. The van der Waals surface area contributed by atoms with Crippen LogP contribution in [0.4, 0.5) is 5.69 Å². The molecule has 1 aromatic carbocycles. The van der Waals surface area contributed by atoms with Crippen molar-refractivity contribution in [2.45, 2.75) is 12.8 Å². The van der Waals surface area contributed by atoms with E-state index in [4.69, 9.17) is 9.47 Å². The van der Waals surface area contributed by atoms with Gasteiger partial charge in [-0.2, -0.15) is 0 Å².